The van der Waals surface area contributed by atoms with E-state index in [9.17, 15) is 4.79 Å². The highest BCUT2D eigenvalue weighted by Gasteiger charge is 2.12. The maximum atomic E-state index is 12.1. The highest BCUT2D eigenvalue weighted by molar-refractivity contribution is 6.03. The average molecular weight is 388 g/mol. The van der Waals surface area contributed by atoms with Crippen molar-refractivity contribution in [1.29, 1.82) is 0 Å². The molecule has 0 spiro atoms. The summed E-state index contributed by atoms with van der Waals surface area (Å²) in [4.78, 5) is 20.3. The van der Waals surface area contributed by atoms with Crippen LogP contribution in [0.4, 0.5) is 17.2 Å². The van der Waals surface area contributed by atoms with Gasteiger partial charge >= 0.3 is 0 Å². The molecule has 0 radical (unpaired) electrons. The molecule has 0 aliphatic heterocycles. The van der Waals surface area contributed by atoms with Crippen molar-refractivity contribution in [3.63, 3.8) is 0 Å². The minimum absolute atomic E-state index is 0.0803. The Morgan fingerprint density at radius 1 is 1.17 bits per heavy atom. The fraction of sp³-hybridized carbons (Fsp3) is 0.0526. The number of anilines is 3. The van der Waals surface area contributed by atoms with Crippen LogP contribution in [-0.4, -0.2) is 44.8 Å². The molecule has 10 heteroatoms. The third-order valence-corrected chi connectivity index (χ3v) is 4.06. The number of aliphatic imine (C=N–C) groups is 1. The van der Waals surface area contributed by atoms with Crippen molar-refractivity contribution in [3.05, 3.63) is 60.5 Å². The summed E-state index contributed by atoms with van der Waals surface area (Å²) in [6.45, 7) is 3.35. The smallest absolute Gasteiger partial charge is 0.277 e. The van der Waals surface area contributed by atoms with Crippen molar-refractivity contribution >= 4 is 46.5 Å². The van der Waals surface area contributed by atoms with Crippen LogP contribution < -0.4 is 10.6 Å². The van der Waals surface area contributed by atoms with Crippen molar-refractivity contribution in [2.75, 3.05) is 17.7 Å². The van der Waals surface area contributed by atoms with Crippen LogP contribution in [0.15, 0.2) is 65.5 Å². The summed E-state index contributed by atoms with van der Waals surface area (Å²) in [7, 11) is 1.43. The molecule has 4 aromatic rings. The molecule has 144 valence electrons. The van der Waals surface area contributed by atoms with Crippen LogP contribution in [0.1, 0.15) is 0 Å². The third-order valence-electron chi connectivity index (χ3n) is 4.06. The number of carbonyl (C=O) groups excluding carboxylic acids is 1. The molecule has 0 saturated carbocycles. The fourth-order valence-electron chi connectivity index (χ4n) is 2.73. The van der Waals surface area contributed by atoms with Crippen LogP contribution >= 0.6 is 0 Å². The number of hydrogen-bond donors (Lipinski definition) is 2. The molecule has 29 heavy (non-hydrogen) atoms. The topological polar surface area (TPSA) is 119 Å². The Labute approximate surface area is 164 Å². The number of hydrogen-bond acceptors (Lipinski definition) is 8. The molecular formula is C19H16N8O2. The van der Waals surface area contributed by atoms with Gasteiger partial charge in [-0.2, -0.15) is 4.52 Å². The Bertz CT molecular complexity index is 1230. The van der Waals surface area contributed by atoms with E-state index in [1.165, 1.54) is 13.4 Å². The minimum atomic E-state index is -0.421. The number of methoxy groups -OCH3 is 1. The molecule has 0 aliphatic carbocycles. The standard InChI is InChI=1S/C19H16N8O2/c1-20-15(11-29-2)19(28)22-13-9-7-12(8-10-13)21-17-18-24-25-26-27(18)16-6-4-3-5-14(16)23-17/h3-11H,1H2,2H3,(H,21,23)(H,22,28). The van der Waals surface area contributed by atoms with Gasteiger partial charge in [-0.15, -0.1) is 5.10 Å². The molecule has 1 amide bonds. The molecule has 0 atom stereocenters. The highest BCUT2D eigenvalue weighted by Crippen LogP contribution is 2.23. The third kappa shape index (κ3) is 3.58. The lowest BCUT2D eigenvalue weighted by Crippen LogP contribution is -2.13. The predicted molar refractivity (Wildman–Crippen MR) is 109 cm³/mol. The van der Waals surface area contributed by atoms with Gasteiger partial charge in [0.05, 0.1) is 18.1 Å². The predicted octanol–water partition coefficient (Wildman–Crippen LogP) is 2.54. The number of nitrogens with zero attached hydrogens (tertiary/aromatic N) is 6. The highest BCUT2D eigenvalue weighted by atomic mass is 16.5. The first kappa shape index (κ1) is 18.0. The summed E-state index contributed by atoms with van der Waals surface area (Å²) in [6.07, 6.45) is 1.22. The van der Waals surface area contributed by atoms with Gasteiger partial charge in [-0.1, -0.05) is 12.1 Å². The normalized spacial score (nSPS) is 11.4. The molecule has 0 unspecified atom stereocenters. The number of tetrazole rings is 1. The zero-order valence-corrected chi connectivity index (χ0v) is 15.4. The molecule has 0 bridgehead atoms. The molecule has 10 nitrogen and oxygen atoms in total. The second kappa shape index (κ2) is 7.72. The zero-order valence-electron chi connectivity index (χ0n) is 15.4. The van der Waals surface area contributed by atoms with Gasteiger partial charge in [-0.05, 0) is 53.5 Å². The van der Waals surface area contributed by atoms with Crippen LogP contribution in [0.5, 0.6) is 0 Å². The monoisotopic (exact) mass is 388 g/mol. The lowest BCUT2D eigenvalue weighted by molar-refractivity contribution is -0.113. The Morgan fingerprint density at radius 2 is 1.93 bits per heavy atom. The van der Waals surface area contributed by atoms with Crippen LogP contribution in [0.25, 0.3) is 16.7 Å². The average Bonchev–Trinajstić information content (AvgIpc) is 3.24. The molecular weight excluding hydrogens is 372 g/mol. The number of fused-ring (bicyclic) bond motifs is 3. The Morgan fingerprint density at radius 3 is 2.69 bits per heavy atom. The number of benzene rings is 2. The first-order valence-corrected chi connectivity index (χ1v) is 8.54. The molecule has 2 N–H and O–H groups in total. The number of aromatic nitrogens is 5. The number of para-hydroxylation sites is 2. The lowest BCUT2D eigenvalue weighted by Gasteiger charge is -2.09. The Hall–Kier alpha value is -4.34. The van der Waals surface area contributed by atoms with E-state index < -0.39 is 5.91 Å². The van der Waals surface area contributed by atoms with E-state index in [2.05, 4.69) is 42.9 Å². The Balaban J connectivity index is 1.58. The molecule has 2 aromatic carbocycles. The van der Waals surface area contributed by atoms with Gasteiger partial charge in [0.2, 0.25) is 5.65 Å². The van der Waals surface area contributed by atoms with Crippen molar-refractivity contribution < 1.29 is 9.53 Å². The van der Waals surface area contributed by atoms with Gasteiger partial charge in [0, 0.05) is 11.4 Å². The van der Waals surface area contributed by atoms with Crippen molar-refractivity contribution in [1.82, 2.24) is 25.0 Å². The summed E-state index contributed by atoms with van der Waals surface area (Å²) in [5.41, 5.74) is 3.50. The number of carbonyl (C=O) groups is 1. The summed E-state index contributed by atoms with van der Waals surface area (Å²) in [5, 5.41) is 17.8. The maximum absolute atomic E-state index is 12.1. The van der Waals surface area contributed by atoms with Crippen molar-refractivity contribution in [2.45, 2.75) is 0 Å². The van der Waals surface area contributed by atoms with Gasteiger partial charge in [0.25, 0.3) is 5.91 Å². The molecule has 0 fully saturated rings. The van der Waals surface area contributed by atoms with E-state index in [1.807, 2.05) is 24.3 Å². The zero-order chi connectivity index (χ0) is 20.2. The van der Waals surface area contributed by atoms with E-state index >= 15 is 0 Å². The summed E-state index contributed by atoms with van der Waals surface area (Å²) < 4.78 is 6.44. The summed E-state index contributed by atoms with van der Waals surface area (Å²) in [6, 6.07) is 14.7. The number of ether oxygens (including phenoxy) is 1. The van der Waals surface area contributed by atoms with E-state index in [0.29, 0.717) is 17.2 Å². The quantitative estimate of drug-likeness (QED) is 0.296. The maximum Gasteiger partial charge on any atom is 0.277 e. The molecule has 2 aromatic heterocycles. The SMILES string of the molecule is C=NC(=COC)C(=O)Nc1ccc(Nc2nc3ccccc3n3nnnc23)cc1. The largest absolute Gasteiger partial charge is 0.502 e. The van der Waals surface area contributed by atoms with Crippen molar-refractivity contribution in [2.24, 2.45) is 4.99 Å². The van der Waals surface area contributed by atoms with E-state index in [4.69, 9.17) is 4.74 Å². The number of nitrogens with one attached hydrogen (secondary N) is 2. The van der Waals surface area contributed by atoms with Crippen LogP contribution in [0.3, 0.4) is 0 Å². The first-order chi connectivity index (χ1) is 14.2. The number of rotatable bonds is 6. The van der Waals surface area contributed by atoms with E-state index in [-0.39, 0.29) is 5.70 Å². The second-order valence-electron chi connectivity index (χ2n) is 5.92. The van der Waals surface area contributed by atoms with Gasteiger partial charge in [-0.3, -0.25) is 9.79 Å². The van der Waals surface area contributed by atoms with E-state index in [0.717, 1.165) is 16.7 Å². The van der Waals surface area contributed by atoms with Crippen LogP contribution in [0, 0.1) is 0 Å². The molecule has 4 rings (SSSR count). The van der Waals surface area contributed by atoms with Crippen molar-refractivity contribution in [3.8, 4) is 0 Å². The molecule has 2 heterocycles. The van der Waals surface area contributed by atoms with Crippen LogP contribution in [-0.2, 0) is 9.53 Å². The minimum Gasteiger partial charge on any atom is -0.502 e. The summed E-state index contributed by atoms with van der Waals surface area (Å²) >= 11 is 0. The fourth-order valence-corrected chi connectivity index (χ4v) is 2.73. The van der Waals surface area contributed by atoms with Gasteiger partial charge < -0.3 is 15.4 Å². The first-order valence-electron chi connectivity index (χ1n) is 8.54. The van der Waals surface area contributed by atoms with Gasteiger partial charge in [0.15, 0.2) is 11.5 Å². The molecule has 0 saturated heterocycles. The van der Waals surface area contributed by atoms with Gasteiger partial charge in [-0.25, -0.2) is 4.98 Å². The van der Waals surface area contributed by atoms with Crippen LogP contribution in [0.2, 0.25) is 0 Å². The lowest BCUT2D eigenvalue weighted by atomic mass is 10.2. The van der Waals surface area contributed by atoms with Gasteiger partial charge in [0.1, 0.15) is 6.26 Å². The second-order valence-corrected chi connectivity index (χ2v) is 5.92. The molecule has 0 aliphatic rings. The summed E-state index contributed by atoms with van der Waals surface area (Å²) in [5.74, 6) is 0.0988. The van der Waals surface area contributed by atoms with E-state index in [1.54, 1.807) is 28.8 Å². The number of amides is 1. The Kier molecular flexibility index (Phi) is 4.81.